The van der Waals surface area contributed by atoms with E-state index in [2.05, 4.69) is 5.32 Å². The Balaban J connectivity index is 1.32. The van der Waals surface area contributed by atoms with Crippen LogP contribution in [-0.4, -0.2) is 66.2 Å². The van der Waals surface area contributed by atoms with Gasteiger partial charge in [0, 0.05) is 48.5 Å². The first-order chi connectivity index (χ1) is 14.9. The number of nitrogens with two attached hydrogens (primary N) is 1. The molecule has 2 unspecified atom stereocenters. The number of benzene rings is 2. The highest BCUT2D eigenvalue weighted by Gasteiger charge is 2.35. The number of halogens is 1. The van der Waals surface area contributed by atoms with Gasteiger partial charge in [0.25, 0.3) is 11.8 Å². The summed E-state index contributed by atoms with van der Waals surface area (Å²) >= 11 is 5.91. The Morgan fingerprint density at radius 1 is 1.03 bits per heavy atom. The van der Waals surface area contributed by atoms with Crippen LogP contribution in [0.3, 0.4) is 0 Å². The molecule has 2 atom stereocenters. The standard InChI is InChI=1S/C23H27ClN4O3/c24-16-7-5-15(6-8-16)23(31)27-11-9-17(10-12-27)26-19-13-28(14-21(19)29)20-4-2-1-3-18(20)22(25)30/h1-8,17,19,21,26,29H,9-14H2,(H2,25,30). The van der Waals surface area contributed by atoms with E-state index in [0.717, 1.165) is 18.5 Å². The maximum Gasteiger partial charge on any atom is 0.253 e. The number of rotatable bonds is 5. The van der Waals surface area contributed by atoms with E-state index in [0.29, 0.717) is 42.3 Å². The summed E-state index contributed by atoms with van der Waals surface area (Å²) in [6.07, 6.45) is 1.09. The Bertz CT molecular complexity index is 944. The molecule has 8 heteroatoms. The molecule has 0 saturated carbocycles. The minimum atomic E-state index is -0.547. The van der Waals surface area contributed by atoms with Gasteiger partial charge in [0.1, 0.15) is 0 Å². The van der Waals surface area contributed by atoms with Crippen molar-refractivity contribution in [2.24, 2.45) is 5.73 Å². The number of amides is 2. The molecule has 0 aliphatic carbocycles. The van der Waals surface area contributed by atoms with E-state index in [1.165, 1.54) is 0 Å². The van der Waals surface area contributed by atoms with Gasteiger partial charge in [-0.25, -0.2) is 0 Å². The highest BCUT2D eigenvalue weighted by atomic mass is 35.5. The number of primary amides is 1. The van der Waals surface area contributed by atoms with Crippen LogP contribution >= 0.6 is 11.6 Å². The average Bonchev–Trinajstić information content (AvgIpc) is 3.14. The summed E-state index contributed by atoms with van der Waals surface area (Å²) in [4.78, 5) is 28.3. The Labute approximate surface area is 186 Å². The number of β-amino-alcohol motifs (C(OH)–C–C–N with tert-alkyl or cyclic N) is 1. The molecule has 31 heavy (non-hydrogen) atoms. The Morgan fingerprint density at radius 3 is 2.39 bits per heavy atom. The van der Waals surface area contributed by atoms with E-state index in [-0.39, 0.29) is 18.0 Å². The first kappa shape index (κ1) is 21.6. The van der Waals surface area contributed by atoms with Crippen molar-refractivity contribution in [3.63, 3.8) is 0 Å². The number of hydrogen-bond donors (Lipinski definition) is 3. The smallest absolute Gasteiger partial charge is 0.253 e. The number of aliphatic hydroxyl groups is 1. The van der Waals surface area contributed by atoms with Gasteiger partial charge >= 0.3 is 0 Å². The minimum Gasteiger partial charge on any atom is -0.390 e. The molecule has 2 saturated heterocycles. The van der Waals surface area contributed by atoms with Crippen molar-refractivity contribution in [1.82, 2.24) is 10.2 Å². The van der Waals surface area contributed by atoms with Gasteiger partial charge in [0.15, 0.2) is 0 Å². The number of aliphatic hydroxyl groups excluding tert-OH is 1. The van der Waals surface area contributed by atoms with Gasteiger partial charge in [-0.15, -0.1) is 0 Å². The van der Waals surface area contributed by atoms with E-state index < -0.39 is 12.0 Å². The third kappa shape index (κ3) is 4.84. The summed E-state index contributed by atoms with van der Waals surface area (Å²) in [6, 6.07) is 14.3. The third-order valence-corrected chi connectivity index (χ3v) is 6.37. The van der Waals surface area contributed by atoms with Crippen molar-refractivity contribution < 1.29 is 14.7 Å². The van der Waals surface area contributed by atoms with Crippen LogP contribution < -0.4 is 16.0 Å². The molecule has 0 spiro atoms. The van der Waals surface area contributed by atoms with Crippen LogP contribution in [0.2, 0.25) is 5.02 Å². The van der Waals surface area contributed by atoms with Crippen molar-refractivity contribution in [2.75, 3.05) is 31.1 Å². The summed E-state index contributed by atoms with van der Waals surface area (Å²) in [5, 5.41) is 14.8. The molecular formula is C23H27ClN4O3. The molecule has 164 valence electrons. The van der Waals surface area contributed by atoms with Crippen LogP contribution in [-0.2, 0) is 0 Å². The second-order valence-corrected chi connectivity index (χ2v) is 8.64. The summed E-state index contributed by atoms with van der Waals surface area (Å²) in [5.74, 6) is -0.454. The summed E-state index contributed by atoms with van der Waals surface area (Å²) in [6.45, 7) is 2.36. The van der Waals surface area contributed by atoms with E-state index in [1.54, 1.807) is 36.4 Å². The maximum atomic E-state index is 12.7. The number of carbonyl (C=O) groups is 2. The molecule has 2 amide bonds. The number of nitrogens with one attached hydrogen (secondary N) is 1. The summed E-state index contributed by atoms with van der Waals surface area (Å²) < 4.78 is 0. The van der Waals surface area contributed by atoms with Crippen molar-refractivity contribution in [2.45, 2.75) is 31.0 Å². The van der Waals surface area contributed by atoms with Crippen LogP contribution in [0.5, 0.6) is 0 Å². The molecule has 0 aromatic heterocycles. The highest BCUT2D eigenvalue weighted by molar-refractivity contribution is 6.30. The fourth-order valence-corrected chi connectivity index (χ4v) is 4.56. The Morgan fingerprint density at radius 2 is 1.71 bits per heavy atom. The molecule has 2 aromatic carbocycles. The molecule has 2 heterocycles. The third-order valence-electron chi connectivity index (χ3n) is 6.12. The second kappa shape index (κ2) is 9.26. The number of nitrogens with zero attached hydrogens (tertiary/aromatic N) is 2. The lowest BCUT2D eigenvalue weighted by Gasteiger charge is -2.34. The average molecular weight is 443 g/mol. The summed E-state index contributed by atoms with van der Waals surface area (Å²) in [7, 11) is 0. The lowest BCUT2D eigenvalue weighted by Crippen LogP contribution is -2.50. The number of carbonyl (C=O) groups excluding carboxylic acids is 2. The zero-order chi connectivity index (χ0) is 22.0. The topological polar surface area (TPSA) is 98.9 Å². The van der Waals surface area contributed by atoms with Crippen molar-refractivity contribution in [1.29, 1.82) is 0 Å². The lowest BCUT2D eigenvalue weighted by molar-refractivity contribution is 0.0691. The zero-order valence-corrected chi connectivity index (χ0v) is 18.0. The first-order valence-corrected chi connectivity index (χ1v) is 10.9. The Hall–Kier alpha value is -2.61. The molecule has 4 rings (SSSR count). The molecule has 0 radical (unpaired) electrons. The molecule has 0 bridgehead atoms. The number of piperidine rings is 1. The molecule has 7 nitrogen and oxygen atoms in total. The van der Waals surface area contributed by atoms with E-state index in [4.69, 9.17) is 17.3 Å². The molecule has 4 N–H and O–H groups in total. The summed E-state index contributed by atoms with van der Waals surface area (Å²) in [5.41, 5.74) is 7.36. The van der Waals surface area contributed by atoms with Gasteiger partial charge in [-0.1, -0.05) is 23.7 Å². The van der Waals surface area contributed by atoms with Crippen LogP contribution in [0.4, 0.5) is 5.69 Å². The van der Waals surface area contributed by atoms with Gasteiger partial charge in [-0.05, 0) is 49.2 Å². The van der Waals surface area contributed by atoms with Gasteiger partial charge in [0.05, 0.1) is 17.7 Å². The SMILES string of the molecule is NC(=O)c1ccccc1N1CC(O)C(NC2CCN(C(=O)c3ccc(Cl)cc3)CC2)C1. The lowest BCUT2D eigenvalue weighted by atomic mass is 10.0. The number of likely N-dealkylation sites (tertiary alicyclic amines) is 1. The van der Waals surface area contributed by atoms with Gasteiger partial charge in [0.2, 0.25) is 0 Å². The first-order valence-electron chi connectivity index (χ1n) is 10.5. The van der Waals surface area contributed by atoms with Gasteiger partial charge < -0.3 is 26.0 Å². The van der Waals surface area contributed by atoms with E-state index >= 15 is 0 Å². The number of hydrogen-bond acceptors (Lipinski definition) is 5. The maximum absolute atomic E-state index is 12.7. The molecule has 2 aliphatic heterocycles. The van der Waals surface area contributed by atoms with E-state index in [9.17, 15) is 14.7 Å². The van der Waals surface area contributed by atoms with Crippen LogP contribution in [0.1, 0.15) is 33.6 Å². The molecule has 2 aliphatic rings. The van der Waals surface area contributed by atoms with Crippen molar-refractivity contribution >= 4 is 29.1 Å². The minimum absolute atomic E-state index is 0.0188. The Kier molecular flexibility index (Phi) is 6.46. The van der Waals surface area contributed by atoms with Crippen LogP contribution in [0.25, 0.3) is 0 Å². The zero-order valence-electron chi connectivity index (χ0n) is 17.2. The fraction of sp³-hybridized carbons (Fsp3) is 0.391. The monoisotopic (exact) mass is 442 g/mol. The van der Waals surface area contributed by atoms with Crippen LogP contribution in [0, 0.1) is 0 Å². The predicted octanol–water partition coefficient (Wildman–Crippen LogP) is 1.88. The normalized spacial score (nSPS) is 22.0. The predicted molar refractivity (Wildman–Crippen MR) is 120 cm³/mol. The van der Waals surface area contributed by atoms with Crippen molar-refractivity contribution in [3.05, 3.63) is 64.7 Å². The second-order valence-electron chi connectivity index (χ2n) is 8.20. The largest absolute Gasteiger partial charge is 0.390 e. The highest BCUT2D eigenvalue weighted by Crippen LogP contribution is 2.25. The van der Waals surface area contributed by atoms with Crippen LogP contribution in [0.15, 0.2) is 48.5 Å². The number of anilines is 1. The fourth-order valence-electron chi connectivity index (χ4n) is 4.43. The van der Waals surface area contributed by atoms with E-state index in [1.807, 2.05) is 21.9 Å². The van der Waals surface area contributed by atoms with Crippen molar-refractivity contribution in [3.8, 4) is 0 Å². The number of para-hydroxylation sites is 1. The van der Waals surface area contributed by atoms with Gasteiger partial charge in [-0.3, -0.25) is 9.59 Å². The molecule has 2 aromatic rings. The molecular weight excluding hydrogens is 416 g/mol. The van der Waals surface area contributed by atoms with Gasteiger partial charge in [-0.2, -0.15) is 0 Å². The molecule has 2 fully saturated rings. The quantitative estimate of drug-likeness (QED) is 0.656.